The molecule has 0 bridgehead atoms. The third-order valence-corrected chi connectivity index (χ3v) is 1.82. The molecule has 0 saturated heterocycles. The summed E-state index contributed by atoms with van der Waals surface area (Å²) in [6.07, 6.45) is 1.89. The lowest BCUT2D eigenvalue weighted by atomic mass is 10.3. The van der Waals surface area contributed by atoms with Gasteiger partial charge in [-0.15, -0.1) is 0 Å². The average Bonchev–Trinajstić information content (AvgIpc) is 2.47. The summed E-state index contributed by atoms with van der Waals surface area (Å²) in [7, 11) is 0. The Morgan fingerprint density at radius 3 is 2.62 bits per heavy atom. The minimum absolute atomic E-state index is 0.608. The molecule has 0 fully saturated rings. The Morgan fingerprint density at radius 1 is 1.31 bits per heavy atom. The largest absolute Gasteiger partial charge is 0.382 e. The van der Waals surface area contributed by atoms with Crippen molar-refractivity contribution in [1.29, 1.82) is 0 Å². The fourth-order valence-electron chi connectivity index (χ4n) is 1.14. The van der Waals surface area contributed by atoms with Crippen LogP contribution in [0.1, 0.15) is 19.4 Å². The van der Waals surface area contributed by atoms with Crippen LogP contribution < -0.4 is 5.73 Å². The summed E-state index contributed by atoms with van der Waals surface area (Å²) in [5.41, 5.74) is 7.74. The molecule has 0 aliphatic carbocycles. The fourth-order valence-corrected chi connectivity index (χ4v) is 1.14. The summed E-state index contributed by atoms with van der Waals surface area (Å²) in [5, 5.41) is 4.11. The molecule has 0 unspecified atom stereocenters. The van der Waals surface area contributed by atoms with Crippen LogP contribution in [-0.4, -0.2) is 9.61 Å². The van der Waals surface area contributed by atoms with Crippen LogP contribution in [0, 0.1) is 6.92 Å². The van der Waals surface area contributed by atoms with Gasteiger partial charge in [-0.05, 0) is 19.1 Å². The predicted octanol–water partition coefficient (Wildman–Crippen LogP) is 2.25. The summed E-state index contributed by atoms with van der Waals surface area (Å²) in [4.78, 5) is 0. The van der Waals surface area contributed by atoms with Crippen molar-refractivity contribution in [1.82, 2.24) is 9.61 Å². The van der Waals surface area contributed by atoms with Crippen molar-refractivity contribution < 1.29 is 0 Å². The molecule has 2 rings (SSSR count). The van der Waals surface area contributed by atoms with Gasteiger partial charge < -0.3 is 5.73 Å². The van der Waals surface area contributed by atoms with E-state index in [4.69, 9.17) is 5.73 Å². The van der Waals surface area contributed by atoms with E-state index in [9.17, 15) is 0 Å². The zero-order valence-electron chi connectivity index (χ0n) is 8.28. The van der Waals surface area contributed by atoms with Crippen molar-refractivity contribution in [3.63, 3.8) is 0 Å². The summed E-state index contributed by atoms with van der Waals surface area (Å²) in [5.74, 6) is 0.608. The zero-order chi connectivity index (χ0) is 9.84. The number of aromatic nitrogens is 2. The van der Waals surface area contributed by atoms with E-state index in [0.29, 0.717) is 5.82 Å². The monoisotopic (exact) mass is 177 g/mol. The van der Waals surface area contributed by atoms with Crippen LogP contribution in [0.5, 0.6) is 0 Å². The van der Waals surface area contributed by atoms with E-state index in [1.165, 1.54) is 0 Å². The number of pyridine rings is 1. The van der Waals surface area contributed by atoms with Gasteiger partial charge in [0.15, 0.2) is 0 Å². The van der Waals surface area contributed by atoms with E-state index >= 15 is 0 Å². The Hall–Kier alpha value is -1.51. The number of anilines is 1. The second kappa shape index (κ2) is 3.94. The highest BCUT2D eigenvalue weighted by molar-refractivity contribution is 5.62. The van der Waals surface area contributed by atoms with E-state index in [-0.39, 0.29) is 0 Å². The molecule has 0 aromatic carbocycles. The van der Waals surface area contributed by atoms with E-state index in [0.717, 1.165) is 11.1 Å². The number of hydrogen-bond acceptors (Lipinski definition) is 2. The van der Waals surface area contributed by atoms with Crippen LogP contribution in [0.25, 0.3) is 5.52 Å². The highest BCUT2D eigenvalue weighted by atomic mass is 15.2. The lowest BCUT2D eigenvalue weighted by Gasteiger charge is -1.89. The molecule has 2 aromatic heterocycles. The molecule has 0 radical (unpaired) electrons. The maximum atomic E-state index is 5.62. The lowest BCUT2D eigenvalue weighted by Crippen LogP contribution is -1.87. The van der Waals surface area contributed by atoms with Crippen LogP contribution >= 0.6 is 0 Å². The fraction of sp³-hybridized carbons (Fsp3) is 0.300. The molecule has 3 nitrogen and oxygen atoms in total. The van der Waals surface area contributed by atoms with Crippen molar-refractivity contribution in [2.75, 3.05) is 5.73 Å². The molecule has 0 spiro atoms. The third kappa shape index (κ3) is 1.64. The number of nitrogen functional groups attached to an aromatic ring is 1. The third-order valence-electron chi connectivity index (χ3n) is 1.82. The van der Waals surface area contributed by atoms with Crippen LogP contribution in [-0.2, 0) is 0 Å². The Bertz CT molecular complexity index is 390. The molecule has 0 aliphatic rings. The molecular formula is C10H15N3. The number of rotatable bonds is 0. The second-order valence-corrected chi connectivity index (χ2v) is 2.54. The normalized spacial score (nSPS) is 9.46. The van der Waals surface area contributed by atoms with E-state index in [1.54, 1.807) is 4.52 Å². The Balaban J connectivity index is 0.000000396. The SMILES string of the molecule is CC.Cc1c(N)nn2ccccc12. The molecular weight excluding hydrogens is 162 g/mol. The Morgan fingerprint density at radius 2 is 2.00 bits per heavy atom. The van der Waals surface area contributed by atoms with E-state index in [2.05, 4.69) is 5.10 Å². The van der Waals surface area contributed by atoms with Gasteiger partial charge in [-0.3, -0.25) is 0 Å². The number of nitrogens with two attached hydrogens (primary N) is 1. The van der Waals surface area contributed by atoms with Gasteiger partial charge >= 0.3 is 0 Å². The Kier molecular flexibility index (Phi) is 2.90. The van der Waals surface area contributed by atoms with Crippen molar-refractivity contribution in [2.45, 2.75) is 20.8 Å². The van der Waals surface area contributed by atoms with Crippen molar-refractivity contribution in [3.8, 4) is 0 Å². The first-order valence-electron chi connectivity index (χ1n) is 4.48. The van der Waals surface area contributed by atoms with Crippen LogP contribution in [0.3, 0.4) is 0 Å². The minimum Gasteiger partial charge on any atom is -0.382 e. The number of aryl methyl sites for hydroxylation is 1. The number of hydrogen-bond donors (Lipinski definition) is 1. The average molecular weight is 177 g/mol. The highest BCUT2D eigenvalue weighted by Gasteiger charge is 2.02. The maximum absolute atomic E-state index is 5.62. The number of fused-ring (bicyclic) bond motifs is 1. The smallest absolute Gasteiger partial charge is 0.149 e. The molecule has 2 N–H and O–H groups in total. The van der Waals surface area contributed by atoms with Gasteiger partial charge in [0.1, 0.15) is 5.82 Å². The highest BCUT2D eigenvalue weighted by Crippen LogP contribution is 2.14. The van der Waals surface area contributed by atoms with Crippen LogP contribution in [0.15, 0.2) is 24.4 Å². The summed E-state index contributed by atoms with van der Waals surface area (Å²) in [6, 6.07) is 5.90. The lowest BCUT2D eigenvalue weighted by molar-refractivity contribution is 0.968. The minimum atomic E-state index is 0.608. The van der Waals surface area contributed by atoms with Crippen LogP contribution in [0.4, 0.5) is 5.82 Å². The van der Waals surface area contributed by atoms with Gasteiger partial charge in [-0.25, -0.2) is 4.52 Å². The first-order valence-corrected chi connectivity index (χ1v) is 4.48. The summed E-state index contributed by atoms with van der Waals surface area (Å²) in [6.45, 7) is 5.97. The van der Waals surface area contributed by atoms with Gasteiger partial charge in [0.2, 0.25) is 0 Å². The summed E-state index contributed by atoms with van der Waals surface area (Å²) >= 11 is 0. The van der Waals surface area contributed by atoms with Crippen molar-refractivity contribution in [2.24, 2.45) is 0 Å². The number of nitrogens with zero attached hydrogens (tertiary/aromatic N) is 2. The predicted molar refractivity (Wildman–Crippen MR) is 55.7 cm³/mol. The van der Waals surface area contributed by atoms with Gasteiger partial charge in [-0.2, -0.15) is 5.10 Å². The molecule has 2 heterocycles. The van der Waals surface area contributed by atoms with Gasteiger partial charge in [-0.1, -0.05) is 19.9 Å². The molecule has 0 saturated carbocycles. The summed E-state index contributed by atoms with van der Waals surface area (Å²) < 4.78 is 1.78. The molecule has 3 heteroatoms. The first-order chi connectivity index (χ1) is 6.29. The maximum Gasteiger partial charge on any atom is 0.149 e. The van der Waals surface area contributed by atoms with Gasteiger partial charge in [0, 0.05) is 11.8 Å². The first kappa shape index (κ1) is 9.58. The molecule has 0 amide bonds. The van der Waals surface area contributed by atoms with Gasteiger partial charge in [0.05, 0.1) is 5.52 Å². The van der Waals surface area contributed by atoms with Crippen molar-refractivity contribution >= 4 is 11.3 Å². The van der Waals surface area contributed by atoms with Gasteiger partial charge in [0.25, 0.3) is 0 Å². The molecule has 2 aromatic rings. The quantitative estimate of drug-likeness (QED) is 0.670. The molecule has 70 valence electrons. The van der Waals surface area contributed by atoms with E-state index < -0.39 is 0 Å². The molecule has 13 heavy (non-hydrogen) atoms. The topological polar surface area (TPSA) is 43.3 Å². The second-order valence-electron chi connectivity index (χ2n) is 2.54. The molecule has 0 atom stereocenters. The standard InChI is InChI=1S/C8H9N3.C2H6/c1-6-7-4-2-3-5-11(7)10-8(6)9;1-2/h2-5H,1H3,(H2,9,10);1-2H3. The van der Waals surface area contributed by atoms with Crippen molar-refractivity contribution in [3.05, 3.63) is 30.0 Å². The zero-order valence-corrected chi connectivity index (χ0v) is 8.28. The van der Waals surface area contributed by atoms with E-state index in [1.807, 2.05) is 45.2 Å². The Labute approximate surface area is 78.2 Å². The van der Waals surface area contributed by atoms with Crippen LogP contribution in [0.2, 0.25) is 0 Å². The molecule has 0 aliphatic heterocycles.